The average molecular weight is 393 g/mol. The lowest BCUT2D eigenvalue weighted by molar-refractivity contribution is -0.137. The zero-order valence-electron chi connectivity index (χ0n) is 15.3. The van der Waals surface area contributed by atoms with Crippen LogP contribution in [0.15, 0.2) is 54.6 Å². The standard InChI is InChI=1S/C20H22F3N3O2/c21-20(22,23)16-5-4-8-18(15-16)28-14-9-24-19(27)26-12-10-25(11-13-26)17-6-2-1-3-7-17/h1-8,15H,9-14H2,(H,24,27). The number of benzene rings is 2. The van der Waals surface area contributed by atoms with E-state index < -0.39 is 11.7 Å². The van der Waals surface area contributed by atoms with Gasteiger partial charge in [-0.3, -0.25) is 0 Å². The van der Waals surface area contributed by atoms with Gasteiger partial charge in [0, 0.05) is 31.9 Å². The molecule has 3 rings (SSSR count). The fraction of sp³-hybridized carbons (Fsp3) is 0.350. The first kappa shape index (κ1) is 19.9. The van der Waals surface area contributed by atoms with E-state index in [1.54, 1.807) is 4.90 Å². The summed E-state index contributed by atoms with van der Waals surface area (Å²) in [5.41, 5.74) is 0.377. The molecule has 2 amide bonds. The quantitative estimate of drug-likeness (QED) is 0.790. The van der Waals surface area contributed by atoms with Crippen molar-refractivity contribution < 1.29 is 22.7 Å². The molecule has 0 radical (unpaired) electrons. The van der Waals surface area contributed by atoms with E-state index >= 15 is 0 Å². The lowest BCUT2D eigenvalue weighted by Gasteiger charge is -2.36. The number of nitrogens with one attached hydrogen (secondary N) is 1. The Morgan fingerprint density at radius 2 is 1.71 bits per heavy atom. The van der Waals surface area contributed by atoms with Gasteiger partial charge < -0.3 is 19.9 Å². The van der Waals surface area contributed by atoms with E-state index in [4.69, 9.17) is 4.74 Å². The number of ether oxygens (including phenoxy) is 1. The van der Waals surface area contributed by atoms with Crippen LogP contribution in [0.4, 0.5) is 23.7 Å². The monoisotopic (exact) mass is 393 g/mol. The molecule has 5 nitrogen and oxygen atoms in total. The minimum Gasteiger partial charge on any atom is -0.492 e. The summed E-state index contributed by atoms with van der Waals surface area (Å²) in [5, 5.41) is 2.74. The van der Waals surface area contributed by atoms with Gasteiger partial charge in [0.15, 0.2) is 0 Å². The number of piperazine rings is 1. The van der Waals surface area contributed by atoms with Crippen LogP contribution in [0.3, 0.4) is 0 Å². The molecule has 0 atom stereocenters. The Kier molecular flexibility index (Phi) is 6.28. The maximum Gasteiger partial charge on any atom is 0.416 e. The van der Waals surface area contributed by atoms with Crippen LogP contribution in [0.2, 0.25) is 0 Å². The minimum absolute atomic E-state index is 0.0943. The zero-order valence-corrected chi connectivity index (χ0v) is 15.3. The molecular weight excluding hydrogens is 371 g/mol. The number of urea groups is 1. The van der Waals surface area contributed by atoms with E-state index in [-0.39, 0.29) is 24.9 Å². The Bertz CT molecular complexity index is 776. The fourth-order valence-electron chi connectivity index (χ4n) is 3.01. The van der Waals surface area contributed by atoms with Crippen LogP contribution in [-0.2, 0) is 6.18 Å². The van der Waals surface area contributed by atoms with Crippen molar-refractivity contribution in [3.63, 3.8) is 0 Å². The molecule has 0 saturated carbocycles. The predicted molar refractivity (Wildman–Crippen MR) is 101 cm³/mol. The maximum absolute atomic E-state index is 12.7. The second kappa shape index (κ2) is 8.86. The third kappa shape index (κ3) is 5.31. The summed E-state index contributed by atoms with van der Waals surface area (Å²) in [4.78, 5) is 16.2. The number of halogens is 3. The van der Waals surface area contributed by atoms with E-state index in [2.05, 4.69) is 10.2 Å². The van der Waals surface area contributed by atoms with E-state index in [0.717, 1.165) is 30.9 Å². The number of para-hydroxylation sites is 1. The van der Waals surface area contributed by atoms with Crippen LogP contribution in [0.5, 0.6) is 5.75 Å². The van der Waals surface area contributed by atoms with Crippen molar-refractivity contribution >= 4 is 11.7 Å². The van der Waals surface area contributed by atoms with Crippen molar-refractivity contribution in [2.45, 2.75) is 6.18 Å². The number of alkyl halides is 3. The molecule has 150 valence electrons. The van der Waals surface area contributed by atoms with Crippen LogP contribution in [-0.4, -0.2) is 50.3 Å². The highest BCUT2D eigenvalue weighted by Gasteiger charge is 2.30. The molecule has 1 heterocycles. The lowest BCUT2D eigenvalue weighted by Crippen LogP contribution is -2.52. The molecule has 1 aliphatic heterocycles. The van der Waals surface area contributed by atoms with Crippen LogP contribution in [0.25, 0.3) is 0 Å². The summed E-state index contributed by atoms with van der Waals surface area (Å²) in [5.74, 6) is 0.126. The molecule has 0 unspecified atom stereocenters. The molecule has 8 heteroatoms. The Labute approximate surface area is 161 Å². The van der Waals surface area contributed by atoms with Crippen molar-refractivity contribution in [2.24, 2.45) is 0 Å². The number of carbonyl (C=O) groups is 1. The van der Waals surface area contributed by atoms with Crippen LogP contribution in [0, 0.1) is 0 Å². The first-order valence-corrected chi connectivity index (χ1v) is 9.06. The number of hydrogen-bond acceptors (Lipinski definition) is 3. The number of carbonyl (C=O) groups excluding carboxylic acids is 1. The highest BCUT2D eigenvalue weighted by Crippen LogP contribution is 2.31. The summed E-state index contributed by atoms with van der Waals surface area (Å²) in [6.07, 6.45) is -4.41. The largest absolute Gasteiger partial charge is 0.492 e. The average Bonchev–Trinajstić information content (AvgIpc) is 2.71. The molecule has 2 aromatic rings. The van der Waals surface area contributed by atoms with E-state index in [1.807, 2.05) is 30.3 Å². The minimum atomic E-state index is -4.41. The number of anilines is 1. The van der Waals surface area contributed by atoms with Gasteiger partial charge in [-0.2, -0.15) is 13.2 Å². The summed E-state index contributed by atoms with van der Waals surface area (Å²) >= 11 is 0. The maximum atomic E-state index is 12.7. The molecule has 1 N–H and O–H groups in total. The Balaban J connectivity index is 1.38. The first-order valence-electron chi connectivity index (χ1n) is 9.06. The zero-order chi connectivity index (χ0) is 20.0. The van der Waals surface area contributed by atoms with Gasteiger partial charge in [-0.25, -0.2) is 4.79 Å². The predicted octanol–water partition coefficient (Wildman–Crippen LogP) is 3.62. The number of rotatable bonds is 5. The molecule has 28 heavy (non-hydrogen) atoms. The smallest absolute Gasteiger partial charge is 0.416 e. The third-order valence-corrected chi connectivity index (χ3v) is 4.50. The van der Waals surface area contributed by atoms with Gasteiger partial charge in [0.2, 0.25) is 0 Å². The number of nitrogens with zero attached hydrogens (tertiary/aromatic N) is 2. The van der Waals surface area contributed by atoms with E-state index in [1.165, 1.54) is 12.1 Å². The lowest BCUT2D eigenvalue weighted by atomic mass is 10.2. The first-order chi connectivity index (χ1) is 13.4. The molecule has 0 aromatic heterocycles. The summed E-state index contributed by atoms with van der Waals surface area (Å²) in [7, 11) is 0. The van der Waals surface area contributed by atoms with E-state index in [0.29, 0.717) is 13.1 Å². The molecule has 0 aliphatic carbocycles. The second-order valence-corrected chi connectivity index (χ2v) is 6.42. The molecule has 1 saturated heterocycles. The number of amides is 2. The second-order valence-electron chi connectivity index (χ2n) is 6.42. The van der Waals surface area contributed by atoms with Crippen molar-refractivity contribution in [3.05, 3.63) is 60.2 Å². The van der Waals surface area contributed by atoms with Gasteiger partial charge in [-0.15, -0.1) is 0 Å². The van der Waals surface area contributed by atoms with Gasteiger partial charge >= 0.3 is 12.2 Å². The van der Waals surface area contributed by atoms with Crippen LogP contribution in [0.1, 0.15) is 5.56 Å². The molecule has 2 aromatic carbocycles. The topological polar surface area (TPSA) is 44.8 Å². The van der Waals surface area contributed by atoms with Gasteiger partial charge in [0.1, 0.15) is 12.4 Å². The highest BCUT2D eigenvalue weighted by molar-refractivity contribution is 5.74. The van der Waals surface area contributed by atoms with Gasteiger partial charge in [-0.05, 0) is 30.3 Å². The van der Waals surface area contributed by atoms with Crippen molar-refractivity contribution in [1.82, 2.24) is 10.2 Å². The Hall–Kier alpha value is -2.90. The normalized spacial score (nSPS) is 14.7. The van der Waals surface area contributed by atoms with Crippen molar-refractivity contribution in [3.8, 4) is 5.75 Å². The summed E-state index contributed by atoms with van der Waals surface area (Å²) in [6.45, 7) is 3.02. The SMILES string of the molecule is O=C(NCCOc1cccc(C(F)(F)F)c1)N1CCN(c2ccccc2)CC1. The van der Waals surface area contributed by atoms with Crippen LogP contribution < -0.4 is 15.0 Å². The highest BCUT2D eigenvalue weighted by atomic mass is 19.4. The Morgan fingerprint density at radius 3 is 2.39 bits per heavy atom. The van der Waals surface area contributed by atoms with Gasteiger partial charge in [0.05, 0.1) is 12.1 Å². The third-order valence-electron chi connectivity index (χ3n) is 4.50. The van der Waals surface area contributed by atoms with Gasteiger partial charge in [0.25, 0.3) is 0 Å². The van der Waals surface area contributed by atoms with Crippen molar-refractivity contribution in [1.29, 1.82) is 0 Å². The van der Waals surface area contributed by atoms with E-state index in [9.17, 15) is 18.0 Å². The van der Waals surface area contributed by atoms with Crippen LogP contribution >= 0.6 is 0 Å². The fourth-order valence-corrected chi connectivity index (χ4v) is 3.01. The summed E-state index contributed by atoms with van der Waals surface area (Å²) < 4.78 is 43.4. The molecule has 1 fully saturated rings. The summed E-state index contributed by atoms with van der Waals surface area (Å²) in [6, 6.07) is 14.5. The molecular formula is C20H22F3N3O2. The van der Waals surface area contributed by atoms with Crippen molar-refractivity contribution in [2.75, 3.05) is 44.2 Å². The molecule has 1 aliphatic rings. The van der Waals surface area contributed by atoms with Gasteiger partial charge in [-0.1, -0.05) is 24.3 Å². The molecule has 0 bridgehead atoms. The number of hydrogen-bond donors (Lipinski definition) is 1. The molecule has 0 spiro atoms. The Morgan fingerprint density at radius 1 is 1.00 bits per heavy atom.